The van der Waals surface area contributed by atoms with Crippen molar-refractivity contribution in [3.63, 3.8) is 0 Å². The molecule has 0 bridgehead atoms. The van der Waals surface area contributed by atoms with E-state index >= 15 is 0 Å². The van der Waals surface area contributed by atoms with Gasteiger partial charge in [-0.3, -0.25) is 0 Å². The van der Waals surface area contributed by atoms with Gasteiger partial charge in [0.15, 0.2) is 11.5 Å². The lowest BCUT2D eigenvalue weighted by Crippen LogP contribution is -2.25. The Kier molecular flexibility index (Phi) is 5.18. The molecule has 1 unspecified atom stereocenters. The highest BCUT2D eigenvalue weighted by molar-refractivity contribution is 6.31. The van der Waals surface area contributed by atoms with Gasteiger partial charge < -0.3 is 14.8 Å². The summed E-state index contributed by atoms with van der Waals surface area (Å²) in [4.78, 5) is 0. The normalized spacial score (nSPS) is 14.0. The summed E-state index contributed by atoms with van der Waals surface area (Å²) < 4.78 is 13.5. The van der Waals surface area contributed by atoms with Crippen LogP contribution in [0.1, 0.15) is 22.9 Å². The maximum atomic E-state index is 9.29. The molecular formula is C25H19ClN4O2. The lowest BCUT2D eigenvalue weighted by atomic mass is 10.0. The number of benzene rings is 3. The van der Waals surface area contributed by atoms with Gasteiger partial charge in [-0.25, -0.2) is 4.68 Å². The van der Waals surface area contributed by atoms with Crippen molar-refractivity contribution in [3.8, 4) is 28.8 Å². The molecule has 0 aliphatic carbocycles. The largest absolute Gasteiger partial charge is 0.493 e. The van der Waals surface area contributed by atoms with E-state index in [1.807, 2.05) is 65.3 Å². The predicted molar refractivity (Wildman–Crippen MR) is 123 cm³/mol. The summed E-state index contributed by atoms with van der Waals surface area (Å²) in [7, 11) is 1.61. The Labute approximate surface area is 190 Å². The first kappa shape index (κ1) is 20.0. The standard InChI is InChI=1S/C25H19ClN4O2/c1-31-24-12-16(6-9-23(24)32-15-18-5-3-2-4-17(18)14-27)25-29-21-13-19(26)7-8-20(21)22-10-11-28-30(22)25/h2-13,25,29H,15H2,1H3. The molecule has 158 valence electrons. The monoisotopic (exact) mass is 442 g/mol. The molecular weight excluding hydrogens is 424 g/mol. The summed E-state index contributed by atoms with van der Waals surface area (Å²) in [5.74, 6) is 1.20. The SMILES string of the molecule is COc1cc(C2Nc3cc(Cl)ccc3-c3ccnn32)ccc1OCc1ccccc1C#N. The van der Waals surface area contributed by atoms with Crippen molar-refractivity contribution in [1.29, 1.82) is 5.26 Å². The van der Waals surface area contributed by atoms with E-state index in [-0.39, 0.29) is 12.8 Å². The van der Waals surface area contributed by atoms with E-state index in [0.29, 0.717) is 22.1 Å². The van der Waals surface area contributed by atoms with Gasteiger partial charge in [0, 0.05) is 33.6 Å². The molecule has 0 fully saturated rings. The number of ether oxygens (including phenoxy) is 2. The Morgan fingerprint density at radius 1 is 1.09 bits per heavy atom. The van der Waals surface area contributed by atoms with Crippen LogP contribution in [-0.2, 0) is 6.61 Å². The summed E-state index contributed by atoms with van der Waals surface area (Å²) in [5, 5.41) is 18.0. The molecule has 32 heavy (non-hydrogen) atoms. The number of nitriles is 1. The molecule has 0 saturated carbocycles. The summed E-state index contributed by atoms with van der Waals surface area (Å²) in [6.45, 7) is 0.274. The van der Waals surface area contributed by atoms with Crippen molar-refractivity contribution in [1.82, 2.24) is 9.78 Å². The minimum absolute atomic E-state index is 0.228. The number of hydrogen-bond donors (Lipinski definition) is 1. The minimum atomic E-state index is -0.228. The second-order valence-electron chi connectivity index (χ2n) is 7.37. The van der Waals surface area contributed by atoms with Crippen molar-refractivity contribution in [2.45, 2.75) is 12.8 Å². The van der Waals surface area contributed by atoms with Gasteiger partial charge in [0.05, 0.1) is 24.4 Å². The predicted octanol–water partition coefficient (Wildman–Crippen LogP) is 5.64. The molecule has 3 aromatic carbocycles. The van der Waals surface area contributed by atoms with Crippen LogP contribution < -0.4 is 14.8 Å². The average Bonchev–Trinajstić information content (AvgIpc) is 3.32. The first-order valence-corrected chi connectivity index (χ1v) is 10.4. The molecule has 0 saturated heterocycles. The van der Waals surface area contributed by atoms with Gasteiger partial charge in [0.1, 0.15) is 12.8 Å². The second-order valence-corrected chi connectivity index (χ2v) is 7.80. The Morgan fingerprint density at radius 2 is 1.97 bits per heavy atom. The van der Waals surface area contributed by atoms with Gasteiger partial charge in [0.2, 0.25) is 0 Å². The quantitative estimate of drug-likeness (QED) is 0.433. The number of hydrogen-bond acceptors (Lipinski definition) is 5. The molecule has 1 aromatic heterocycles. The number of nitrogens with one attached hydrogen (secondary N) is 1. The highest BCUT2D eigenvalue weighted by atomic mass is 35.5. The van der Waals surface area contributed by atoms with Crippen LogP contribution in [0.15, 0.2) is 72.9 Å². The van der Waals surface area contributed by atoms with Crippen LogP contribution in [-0.4, -0.2) is 16.9 Å². The van der Waals surface area contributed by atoms with Crippen LogP contribution in [0.5, 0.6) is 11.5 Å². The Hall–Kier alpha value is -3.95. The molecule has 1 N–H and O–H groups in total. The zero-order valence-corrected chi connectivity index (χ0v) is 18.0. The molecule has 0 radical (unpaired) electrons. The molecule has 5 rings (SSSR count). The van der Waals surface area contributed by atoms with Gasteiger partial charge in [-0.05, 0) is 42.5 Å². The van der Waals surface area contributed by atoms with Gasteiger partial charge in [-0.15, -0.1) is 0 Å². The molecule has 7 heteroatoms. The number of aromatic nitrogens is 2. The number of nitrogens with zero attached hydrogens (tertiary/aromatic N) is 3. The minimum Gasteiger partial charge on any atom is -0.493 e. The molecule has 1 atom stereocenters. The lowest BCUT2D eigenvalue weighted by Gasteiger charge is -2.29. The Morgan fingerprint density at radius 3 is 2.81 bits per heavy atom. The van der Waals surface area contributed by atoms with Crippen molar-refractivity contribution in [2.24, 2.45) is 0 Å². The number of rotatable bonds is 5. The Balaban J connectivity index is 1.45. The van der Waals surface area contributed by atoms with Crippen molar-refractivity contribution >= 4 is 17.3 Å². The third-order valence-corrected chi connectivity index (χ3v) is 5.72. The summed E-state index contributed by atoms with van der Waals surface area (Å²) in [6.07, 6.45) is 1.56. The fourth-order valence-corrected chi connectivity index (χ4v) is 4.08. The average molecular weight is 443 g/mol. The van der Waals surface area contributed by atoms with Crippen LogP contribution in [0.4, 0.5) is 5.69 Å². The van der Waals surface area contributed by atoms with Gasteiger partial charge in [0.25, 0.3) is 0 Å². The number of halogens is 1. The van der Waals surface area contributed by atoms with Gasteiger partial charge >= 0.3 is 0 Å². The molecule has 1 aliphatic heterocycles. The van der Waals surface area contributed by atoms with Gasteiger partial charge in [-0.2, -0.15) is 10.4 Å². The summed E-state index contributed by atoms with van der Waals surface area (Å²) in [6, 6.07) is 23.1. The zero-order chi connectivity index (χ0) is 22.1. The van der Waals surface area contributed by atoms with Crippen LogP contribution in [0, 0.1) is 11.3 Å². The molecule has 0 amide bonds. The lowest BCUT2D eigenvalue weighted by molar-refractivity contribution is 0.284. The number of anilines is 1. The molecule has 6 nitrogen and oxygen atoms in total. The van der Waals surface area contributed by atoms with Crippen LogP contribution in [0.2, 0.25) is 5.02 Å². The van der Waals surface area contributed by atoms with E-state index < -0.39 is 0 Å². The van der Waals surface area contributed by atoms with Crippen molar-refractivity contribution in [3.05, 3.63) is 94.6 Å². The van der Waals surface area contributed by atoms with Crippen molar-refractivity contribution in [2.75, 3.05) is 12.4 Å². The van der Waals surface area contributed by atoms with Crippen LogP contribution >= 0.6 is 11.6 Å². The fraction of sp³-hybridized carbons (Fsp3) is 0.120. The van der Waals surface area contributed by atoms with E-state index in [2.05, 4.69) is 16.5 Å². The fourth-order valence-electron chi connectivity index (χ4n) is 3.91. The topological polar surface area (TPSA) is 72.1 Å². The molecule has 4 aromatic rings. The maximum Gasteiger partial charge on any atom is 0.161 e. The second kappa shape index (κ2) is 8.29. The Bertz CT molecular complexity index is 1340. The smallest absolute Gasteiger partial charge is 0.161 e. The number of methoxy groups -OCH3 is 1. The highest BCUT2D eigenvalue weighted by Gasteiger charge is 2.26. The first-order valence-electron chi connectivity index (χ1n) is 10.1. The van der Waals surface area contributed by atoms with E-state index in [9.17, 15) is 5.26 Å². The van der Waals surface area contributed by atoms with Crippen LogP contribution in [0.3, 0.4) is 0 Å². The van der Waals surface area contributed by atoms with E-state index in [4.69, 9.17) is 21.1 Å². The van der Waals surface area contributed by atoms with Gasteiger partial charge in [-0.1, -0.05) is 35.9 Å². The highest BCUT2D eigenvalue weighted by Crippen LogP contribution is 2.40. The van der Waals surface area contributed by atoms with E-state index in [1.165, 1.54) is 0 Å². The van der Waals surface area contributed by atoms with E-state index in [0.717, 1.165) is 28.1 Å². The molecule has 1 aliphatic rings. The first-order chi connectivity index (χ1) is 15.7. The maximum absolute atomic E-state index is 9.29. The molecule has 2 heterocycles. The number of fused-ring (bicyclic) bond motifs is 3. The van der Waals surface area contributed by atoms with Crippen molar-refractivity contribution < 1.29 is 9.47 Å². The zero-order valence-electron chi connectivity index (χ0n) is 17.2. The summed E-state index contributed by atoms with van der Waals surface area (Å²) in [5.41, 5.74) is 5.38. The third kappa shape index (κ3) is 3.53. The summed E-state index contributed by atoms with van der Waals surface area (Å²) >= 11 is 6.23. The molecule has 0 spiro atoms. The van der Waals surface area contributed by atoms with E-state index in [1.54, 1.807) is 19.4 Å². The third-order valence-electron chi connectivity index (χ3n) is 5.49. The van der Waals surface area contributed by atoms with Crippen LogP contribution in [0.25, 0.3) is 11.3 Å².